The van der Waals surface area contributed by atoms with Crippen LogP contribution >= 0.6 is 11.3 Å². The summed E-state index contributed by atoms with van der Waals surface area (Å²) in [4.78, 5) is 4.82. The van der Waals surface area contributed by atoms with Gasteiger partial charge in [-0.25, -0.2) is 0 Å². The van der Waals surface area contributed by atoms with E-state index in [1.54, 1.807) is 0 Å². The Balaban J connectivity index is 1.95. The van der Waals surface area contributed by atoms with E-state index in [4.69, 9.17) is 4.98 Å². The van der Waals surface area contributed by atoms with E-state index < -0.39 is 0 Å². The first kappa shape index (κ1) is 13.3. The molecule has 1 nitrogen and oxygen atoms in total. The second-order valence-corrected chi connectivity index (χ2v) is 7.53. The van der Waals surface area contributed by atoms with Crippen molar-refractivity contribution in [1.29, 1.82) is 0 Å². The summed E-state index contributed by atoms with van der Waals surface area (Å²) in [5.41, 5.74) is 1.10. The van der Waals surface area contributed by atoms with Gasteiger partial charge in [-0.1, -0.05) is 66.7 Å². The topological polar surface area (TPSA) is 12.9 Å². The molecule has 0 aliphatic carbocycles. The maximum atomic E-state index is 4.82. The summed E-state index contributed by atoms with van der Waals surface area (Å²) in [6, 6.07) is 26.1. The van der Waals surface area contributed by atoms with Crippen molar-refractivity contribution in [2.45, 2.75) is 0 Å². The minimum absolute atomic E-state index is 1.10. The third-order valence-electron chi connectivity index (χ3n) is 5.09. The van der Waals surface area contributed by atoms with E-state index in [0.717, 1.165) is 5.52 Å². The Hall–Kier alpha value is -2.97. The summed E-state index contributed by atoms with van der Waals surface area (Å²) in [5, 5.41) is 9.03. The second kappa shape index (κ2) is 4.78. The highest BCUT2D eigenvalue weighted by Crippen LogP contribution is 2.42. The molecular formula is C23H13NS. The molecule has 0 fully saturated rings. The quantitative estimate of drug-likeness (QED) is 0.275. The highest BCUT2D eigenvalue weighted by atomic mass is 32.1. The molecule has 0 aliphatic rings. The van der Waals surface area contributed by atoms with Crippen molar-refractivity contribution in [3.8, 4) is 0 Å². The molecule has 0 unspecified atom stereocenters. The lowest BCUT2D eigenvalue weighted by atomic mass is 9.99. The zero-order chi connectivity index (χ0) is 16.4. The van der Waals surface area contributed by atoms with E-state index in [1.807, 2.05) is 17.5 Å². The first-order valence-electron chi connectivity index (χ1n) is 8.40. The fraction of sp³-hybridized carbons (Fsp3) is 0. The van der Waals surface area contributed by atoms with Gasteiger partial charge in [0, 0.05) is 32.4 Å². The van der Waals surface area contributed by atoms with Crippen LogP contribution in [0.25, 0.3) is 52.6 Å². The Morgan fingerprint density at radius 3 is 2.12 bits per heavy atom. The average Bonchev–Trinajstić information content (AvgIpc) is 3.07. The lowest BCUT2D eigenvalue weighted by molar-refractivity contribution is 1.47. The highest BCUT2D eigenvalue weighted by molar-refractivity contribution is 7.26. The summed E-state index contributed by atoms with van der Waals surface area (Å²) >= 11 is 1.83. The molecule has 2 heterocycles. The number of aromatic nitrogens is 1. The molecule has 0 aliphatic heterocycles. The zero-order valence-corrected chi connectivity index (χ0v) is 14.2. The van der Waals surface area contributed by atoms with E-state index in [1.165, 1.54) is 47.1 Å². The highest BCUT2D eigenvalue weighted by Gasteiger charge is 2.13. The van der Waals surface area contributed by atoms with Crippen molar-refractivity contribution in [3.05, 3.63) is 79.0 Å². The van der Waals surface area contributed by atoms with E-state index in [0.29, 0.717) is 0 Å². The minimum atomic E-state index is 1.10. The van der Waals surface area contributed by atoms with Crippen molar-refractivity contribution >= 4 is 64.0 Å². The molecule has 6 aromatic rings. The van der Waals surface area contributed by atoms with Gasteiger partial charge < -0.3 is 0 Å². The smallest absolute Gasteiger partial charge is 0.0787 e. The van der Waals surface area contributed by atoms with Crippen LogP contribution in [0.4, 0.5) is 0 Å². The summed E-state index contributed by atoms with van der Waals surface area (Å²) < 4.78 is 2.59. The van der Waals surface area contributed by atoms with Crippen LogP contribution in [0.15, 0.2) is 79.0 Å². The number of thiophene rings is 1. The molecule has 0 atom stereocenters. The van der Waals surface area contributed by atoms with Crippen molar-refractivity contribution in [2.75, 3.05) is 0 Å². The fourth-order valence-electron chi connectivity index (χ4n) is 3.96. The van der Waals surface area contributed by atoms with Crippen LogP contribution in [0, 0.1) is 0 Å². The molecule has 0 saturated heterocycles. The van der Waals surface area contributed by atoms with Gasteiger partial charge in [-0.15, -0.1) is 11.3 Å². The molecule has 4 aromatic carbocycles. The molecule has 0 spiro atoms. The summed E-state index contributed by atoms with van der Waals surface area (Å²) in [6.45, 7) is 0. The normalized spacial score (nSPS) is 12.0. The Morgan fingerprint density at radius 1 is 0.560 bits per heavy atom. The SMILES string of the molecule is c1ccc2c(c1)ccc1c2ncc2sc3ccc4ccccc4c3c21. The number of fused-ring (bicyclic) bond motifs is 9. The monoisotopic (exact) mass is 335 g/mol. The Kier molecular flexibility index (Phi) is 2.55. The third kappa shape index (κ3) is 1.75. The molecule has 2 heteroatoms. The van der Waals surface area contributed by atoms with Crippen LogP contribution in [-0.2, 0) is 0 Å². The predicted octanol–water partition coefficient (Wildman–Crippen LogP) is 6.91. The fourth-order valence-corrected chi connectivity index (χ4v) is 5.07. The van der Waals surface area contributed by atoms with Gasteiger partial charge >= 0.3 is 0 Å². The van der Waals surface area contributed by atoms with Gasteiger partial charge in [0.15, 0.2) is 0 Å². The molecule has 0 N–H and O–H groups in total. The van der Waals surface area contributed by atoms with Crippen LogP contribution in [-0.4, -0.2) is 4.98 Å². The lowest BCUT2D eigenvalue weighted by Crippen LogP contribution is -1.83. The van der Waals surface area contributed by atoms with Gasteiger partial charge in [-0.3, -0.25) is 4.98 Å². The Labute approximate surface area is 148 Å². The van der Waals surface area contributed by atoms with Crippen LogP contribution in [0.5, 0.6) is 0 Å². The van der Waals surface area contributed by atoms with Crippen LogP contribution < -0.4 is 0 Å². The number of pyridine rings is 1. The van der Waals surface area contributed by atoms with Crippen LogP contribution in [0.2, 0.25) is 0 Å². The average molecular weight is 335 g/mol. The van der Waals surface area contributed by atoms with Crippen molar-refractivity contribution < 1.29 is 0 Å². The number of hydrogen-bond donors (Lipinski definition) is 0. The number of hydrogen-bond acceptors (Lipinski definition) is 2. The molecule has 0 saturated carbocycles. The van der Waals surface area contributed by atoms with Crippen molar-refractivity contribution in [3.63, 3.8) is 0 Å². The van der Waals surface area contributed by atoms with Crippen LogP contribution in [0.1, 0.15) is 0 Å². The molecule has 2 aromatic heterocycles. The van der Waals surface area contributed by atoms with E-state index in [-0.39, 0.29) is 0 Å². The van der Waals surface area contributed by atoms with E-state index in [2.05, 4.69) is 72.8 Å². The molecule has 0 amide bonds. The summed E-state index contributed by atoms with van der Waals surface area (Å²) in [6.07, 6.45) is 2.05. The van der Waals surface area contributed by atoms with Gasteiger partial charge in [0.05, 0.1) is 10.2 Å². The van der Waals surface area contributed by atoms with E-state index >= 15 is 0 Å². The summed E-state index contributed by atoms with van der Waals surface area (Å²) in [7, 11) is 0. The first-order chi connectivity index (χ1) is 12.4. The molecule has 116 valence electrons. The van der Waals surface area contributed by atoms with Crippen molar-refractivity contribution in [2.24, 2.45) is 0 Å². The standard InChI is InChI=1S/C23H13NS/c1-3-7-16-14(5-1)10-12-19-21(16)22-18-11-9-15-6-2-4-8-17(15)23(18)24-13-20(22)25-19/h1-13H. The zero-order valence-electron chi connectivity index (χ0n) is 13.4. The molecule has 6 rings (SSSR count). The number of benzene rings is 4. The maximum absolute atomic E-state index is 4.82. The molecule has 25 heavy (non-hydrogen) atoms. The Morgan fingerprint density at radius 2 is 1.24 bits per heavy atom. The predicted molar refractivity (Wildman–Crippen MR) is 110 cm³/mol. The Bertz CT molecular complexity index is 1440. The molecular weight excluding hydrogens is 322 g/mol. The summed E-state index contributed by atoms with van der Waals surface area (Å²) in [5.74, 6) is 0. The molecule has 0 bridgehead atoms. The van der Waals surface area contributed by atoms with Crippen molar-refractivity contribution in [1.82, 2.24) is 4.98 Å². The maximum Gasteiger partial charge on any atom is 0.0787 e. The minimum Gasteiger partial charge on any atom is -0.254 e. The van der Waals surface area contributed by atoms with Gasteiger partial charge in [0.1, 0.15) is 0 Å². The van der Waals surface area contributed by atoms with E-state index in [9.17, 15) is 0 Å². The van der Waals surface area contributed by atoms with Gasteiger partial charge in [-0.2, -0.15) is 0 Å². The van der Waals surface area contributed by atoms with Gasteiger partial charge in [0.25, 0.3) is 0 Å². The van der Waals surface area contributed by atoms with Gasteiger partial charge in [0.2, 0.25) is 0 Å². The largest absolute Gasteiger partial charge is 0.254 e. The van der Waals surface area contributed by atoms with Gasteiger partial charge in [-0.05, 0) is 22.2 Å². The van der Waals surface area contributed by atoms with Crippen LogP contribution in [0.3, 0.4) is 0 Å². The lowest BCUT2D eigenvalue weighted by Gasteiger charge is -2.06. The second-order valence-electron chi connectivity index (χ2n) is 6.44. The third-order valence-corrected chi connectivity index (χ3v) is 6.18. The number of nitrogens with zero attached hydrogens (tertiary/aromatic N) is 1. The molecule has 0 radical (unpaired) electrons. The number of rotatable bonds is 0. The first-order valence-corrected chi connectivity index (χ1v) is 9.22.